The molecule has 0 saturated carbocycles. The maximum Gasteiger partial charge on any atom is 0.351 e. The summed E-state index contributed by atoms with van der Waals surface area (Å²) in [4.78, 5) is 60.1. The second kappa shape index (κ2) is 8.58. The van der Waals surface area contributed by atoms with Gasteiger partial charge in [0.1, 0.15) is 6.54 Å². The molecule has 0 aliphatic carbocycles. The van der Waals surface area contributed by atoms with Crippen molar-refractivity contribution in [2.24, 2.45) is 11.5 Å². The maximum atomic E-state index is 11.3. The zero-order valence-corrected chi connectivity index (χ0v) is 10.9. The Morgan fingerprint density at radius 1 is 1.15 bits per heavy atom. The zero-order chi connectivity index (χ0) is 15.7. The Morgan fingerprint density at radius 2 is 1.75 bits per heavy atom. The third-order valence-corrected chi connectivity index (χ3v) is 2.02. The van der Waals surface area contributed by atoms with Crippen LogP contribution in [0.1, 0.15) is 19.8 Å². The molecule has 5 N–H and O–H groups in total. The first kappa shape index (κ1) is 17.5. The predicted molar refractivity (Wildman–Crippen MR) is 64.1 cm³/mol. The Labute approximate surface area is 114 Å². The molecule has 0 fully saturated rings. The van der Waals surface area contributed by atoms with Gasteiger partial charge in [-0.25, -0.2) is 4.79 Å². The van der Waals surface area contributed by atoms with E-state index in [9.17, 15) is 24.0 Å². The van der Waals surface area contributed by atoms with E-state index in [1.807, 2.05) is 0 Å². The topological polar surface area (TPSA) is 162 Å². The number of amides is 4. The summed E-state index contributed by atoms with van der Waals surface area (Å²) in [5, 5.41) is 0. The van der Waals surface area contributed by atoms with E-state index in [-0.39, 0.29) is 12.8 Å². The van der Waals surface area contributed by atoms with Crippen molar-refractivity contribution in [3.63, 3.8) is 0 Å². The van der Waals surface area contributed by atoms with Crippen LogP contribution in [0.25, 0.3) is 0 Å². The molecule has 0 aliphatic rings. The molecule has 20 heavy (non-hydrogen) atoms. The summed E-state index contributed by atoms with van der Waals surface area (Å²) in [7, 11) is 0. The van der Waals surface area contributed by atoms with Crippen molar-refractivity contribution in [3.05, 3.63) is 0 Å². The highest BCUT2D eigenvalue weighted by Crippen LogP contribution is 1.93. The van der Waals surface area contributed by atoms with E-state index in [0.29, 0.717) is 4.90 Å². The molecule has 112 valence electrons. The number of nitrogens with one attached hydrogen (secondary N) is 1. The molecule has 0 aromatic heterocycles. The molecule has 0 aromatic rings. The highest BCUT2D eigenvalue weighted by Gasteiger charge is 2.21. The van der Waals surface area contributed by atoms with Crippen molar-refractivity contribution in [1.82, 2.24) is 10.4 Å². The minimum absolute atomic E-state index is 0.200. The summed E-state index contributed by atoms with van der Waals surface area (Å²) < 4.78 is 0. The van der Waals surface area contributed by atoms with E-state index in [1.165, 1.54) is 0 Å². The summed E-state index contributed by atoms with van der Waals surface area (Å²) in [5.41, 5.74) is 11.7. The lowest BCUT2D eigenvalue weighted by Crippen LogP contribution is -2.44. The Bertz CT molecular complexity index is 422. The van der Waals surface area contributed by atoms with Crippen LogP contribution in [0.5, 0.6) is 0 Å². The fraction of sp³-hybridized carbons (Fsp3) is 0.500. The fourth-order valence-corrected chi connectivity index (χ4v) is 1.05. The van der Waals surface area contributed by atoms with Crippen molar-refractivity contribution in [2.45, 2.75) is 19.8 Å². The van der Waals surface area contributed by atoms with Gasteiger partial charge in [-0.3, -0.25) is 24.1 Å². The lowest BCUT2D eigenvalue weighted by atomic mass is 10.3. The highest BCUT2D eigenvalue weighted by molar-refractivity contribution is 5.98. The highest BCUT2D eigenvalue weighted by atomic mass is 16.7. The van der Waals surface area contributed by atoms with Crippen LogP contribution in [0, 0.1) is 0 Å². The van der Waals surface area contributed by atoms with Crippen LogP contribution in [0.15, 0.2) is 0 Å². The predicted octanol–water partition coefficient (Wildman–Crippen LogP) is -2.84. The van der Waals surface area contributed by atoms with Crippen molar-refractivity contribution < 1.29 is 28.8 Å². The summed E-state index contributed by atoms with van der Waals surface area (Å²) in [5.74, 6) is -3.89. The van der Waals surface area contributed by atoms with E-state index in [4.69, 9.17) is 11.5 Å². The Kier molecular flexibility index (Phi) is 7.52. The third kappa shape index (κ3) is 7.06. The normalized spacial score (nSPS) is 9.50. The van der Waals surface area contributed by atoms with Gasteiger partial charge in [0, 0.05) is 19.8 Å². The summed E-state index contributed by atoms with van der Waals surface area (Å²) >= 11 is 0. The van der Waals surface area contributed by atoms with Gasteiger partial charge in [-0.05, 0) is 0 Å². The molecule has 4 amide bonds. The SMILES string of the molecule is CC(=O)N(CC(=O)ONC(=O)CCC(N)=O)C(=O)CN. The van der Waals surface area contributed by atoms with Crippen molar-refractivity contribution in [2.75, 3.05) is 13.1 Å². The van der Waals surface area contributed by atoms with Gasteiger partial charge in [0.2, 0.25) is 17.7 Å². The van der Waals surface area contributed by atoms with Crippen molar-refractivity contribution >= 4 is 29.6 Å². The van der Waals surface area contributed by atoms with E-state index in [0.717, 1.165) is 6.92 Å². The molecule has 10 heteroatoms. The van der Waals surface area contributed by atoms with Crippen LogP contribution in [0.4, 0.5) is 0 Å². The number of hydroxylamine groups is 1. The lowest BCUT2D eigenvalue weighted by molar-refractivity contribution is -0.163. The van der Waals surface area contributed by atoms with Gasteiger partial charge in [-0.1, -0.05) is 0 Å². The molecule has 10 nitrogen and oxygen atoms in total. The molecule has 0 atom stereocenters. The second-order valence-electron chi connectivity index (χ2n) is 3.67. The third-order valence-electron chi connectivity index (χ3n) is 2.02. The van der Waals surface area contributed by atoms with Crippen LogP contribution < -0.4 is 16.9 Å². The minimum Gasteiger partial charge on any atom is -0.370 e. The summed E-state index contributed by atoms with van der Waals surface area (Å²) in [6.45, 7) is -0.0500. The largest absolute Gasteiger partial charge is 0.370 e. The smallest absolute Gasteiger partial charge is 0.351 e. The number of hydrogen-bond donors (Lipinski definition) is 3. The van der Waals surface area contributed by atoms with Crippen molar-refractivity contribution in [1.29, 1.82) is 0 Å². The molecule has 0 unspecified atom stereocenters. The van der Waals surface area contributed by atoms with Crippen LogP contribution in [-0.2, 0) is 28.8 Å². The second-order valence-corrected chi connectivity index (χ2v) is 3.67. The molecule has 0 spiro atoms. The monoisotopic (exact) mass is 288 g/mol. The van der Waals surface area contributed by atoms with Crippen LogP contribution in [-0.4, -0.2) is 47.6 Å². The fourth-order valence-electron chi connectivity index (χ4n) is 1.05. The van der Waals surface area contributed by atoms with Gasteiger partial charge in [0.25, 0.3) is 5.91 Å². The van der Waals surface area contributed by atoms with Crippen molar-refractivity contribution in [3.8, 4) is 0 Å². The maximum absolute atomic E-state index is 11.3. The average Bonchev–Trinajstić information content (AvgIpc) is 2.38. The molecule has 0 radical (unpaired) electrons. The van der Waals surface area contributed by atoms with Gasteiger partial charge in [0.15, 0.2) is 0 Å². The number of carbonyl (C=O) groups is 5. The van der Waals surface area contributed by atoms with Gasteiger partial charge in [-0.2, -0.15) is 5.48 Å². The van der Waals surface area contributed by atoms with Gasteiger partial charge in [-0.15, -0.1) is 0 Å². The zero-order valence-electron chi connectivity index (χ0n) is 10.9. The quantitative estimate of drug-likeness (QED) is 0.443. The van der Waals surface area contributed by atoms with Crippen LogP contribution in [0.3, 0.4) is 0 Å². The van der Waals surface area contributed by atoms with Crippen LogP contribution in [0.2, 0.25) is 0 Å². The standard InChI is InChI=1S/C10H16N4O6/c1-6(15)14(9(18)4-11)5-10(19)20-13-8(17)3-2-7(12)16/h2-5,11H2,1H3,(H2,12,16)(H,13,17). The first-order valence-corrected chi connectivity index (χ1v) is 5.55. The van der Waals surface area contributed by atoms with Crippen LogP contribution >= 0.6 is 0 Å². The average molecular weight is 288 g/mol. The number of nitrogens with two attached hydrogens (primary N) is 2. The number of hydrogen-bond acceptors (Lipinski definition) is 7. The minimum atomic E-state index is -1.03. The van der Waals surface area contributed by atoms with E-state index >= 15 is 0 Å². The summed E-state index contributed by atoms with van der Waals surface area (Å²) in [6, 6.07) is 0. The Morgan fingerprint density at radius 3 is 2.20 bits per heavy atom. The Hall–Kier alpha value is -2.49. The van der Waals surface area contributed by atoms with E-state index in [2.05, 4.69) is 4.84 Å². The molecule has 0 rings (SSSR count). The van der Waals surface area contributed by atoms with E-state index in [1.54, 1.807) is 5.48 Å². The molecule has 0 heterocycles. The molecule has 0 saturated heterocycles. The van der Waals surface area contributed by atoms with Gasteiger partial charge < -0.3 is 16.3 Å². The van der Waals surface area contributed by atoms with Gasteiger partial charge >= 0.3 is 5.97 Å². The molecule has 0 aliphatic heterocycles. The number of rotatable bonds is 6. The van der Waals surface area contributed by atoms with Gasteiger partial charge in [0.05, 0.1) is 6.54 Å². The Balaban J connectivity index is 4.21. The van der Waals surface area contributed by atoms with E-state index < -0.39 is 42.7 Å². The number of carbonyl (C=O) groups excluding carboxylic acids is 5. The first-order valence-electron chi connectivity index (χ1n) is 5.55. The molecule has 0 aromatic carbocycles. The number of nitrogens with zero attached hydrogens (tertiary/aromatic N) is 1. The molecule has 0 bridgehead atoms. The number of primary amides is 1. The molecular weight excluding hydrogens is 272 g/mol. The number of imide groups is 1. The molecular formula is C10H16N4O6. The lowest BCUT2D eigenvalue weighted by Gasteiger charge is -2.16. The first-order chi connectivity index (χ1) is 9.27. The summed E-state index contributed by atoms with van der Waals surface area (Å²) in [6.07, 6.45) is -0.449.